The minimum Gasteiger partial charge on any atom is -0.457 e. The quantitative estimate of drug-likeness (QED) is 0.912. The van der Waals surface area contributed by atoms with E-state index in [4.69, 9.17) is 10.5 Å². The summed E-state index contributed by atoms with van der Waals surface area (Å²) in [5, 5.41) is 0. The first-order valence-electron chi connectivity index (χ1n) is 6.76. The smallest absolute Gasteiger partial charge is 0.133 e. The van der Waals surface area contributed by atoms with Gasteiger partial charge in [0.25, 0.3) is 0 Å². The summed E-state index contributed by atoms with van der Waals surface area (Å²) in [7, 11) is 0. The van der Waals surface area contributed by atoms with Crippen molar-refractivity contribution in [3.63, 3.8) is 0 Å². The van der Waals surface area contributed by atoms with Crippen LogP contribution in [0.3, 0.4) is 0 Å². The molecule has 20 heavy (non-hydrogen) atoms. The second kappa shape index (κ2) is 6.06. The number of hydrogen-bond acceptors (Lipinski definition) is 2. The van der Waals surface area contributed by atoms with Gasteiger partial charge in [-0.05, 0) is 68.6 Å². The van der Waals surface area contributed by atoms with Gasteiger partial charge in [0.05, 0.1) is 0 Å². The molecule has 0 heterocycles. The lowest BCUT2D eigenvalue weighted by Crippen LogP contribution is -2.06. The van der Waals surface area contributed by atoms with Gasteiger partial charge in [0, 0.05) is 5.56 Å². The Morgan fingerprint density at radius 3 is 2.55 bits per heavy atom. The second-order valence-corrected chi connectivity index (χ2v) is 5.06. The van der Waals surface area contributed by atoms with Crippen LogP contribution in [0, 0.1) is 26.6 Å². The fourth-order valence-electron chi connectivity index (χ4n) is 2.25. The topological polar surface area (TPSA) is 35.2 Å². The highest BCUT2D eigenvalue weighted by Crippen LogP contribution is 2.31. The molecule has 2 aromatic carbocycles. The zero-order valence-electron chi connectivity index (χ0n) is 12.2. The van der Waals surface area contributed by atoms with Crippen molar-refractivity contribution in [2.24, 2.45) is 5.73 Å². The zero-order chi connectivity index (χ0) is 14.7. The first-order chi connectivity index (χ1) is 9.52. The van der Waals surface area contributed by atoms with Crippen molar-refractivity contribution in [3.8, 4) is 11.5 Å². The summed E-state index contributed by atoms with van der Waals surface area (Å²) >= 11 is 0. The molecule has 0 aliphatic heterocycles. The maximum absolute atomic E-state index is 13.9. The Morgan fingerprint density at radius 1 is 1.10 bits per heavy atom. The van der Waals surface area contributed by atoms with Crippen LogP contribution in [-0.2, 0) is 6.42 Å². The molecule has 0 amide bonds. The normalized spacial score (nSPS) is 10.7. The molecule has 2 aromatic rings. The third-order valence-corrected chi connectivity index (χ3v) is 3.45. The van der Waals surface area contributed by atoms with E-state index in [9.17, 15) is 4.39 Å². The Bertz CT molecular complexity index is 623. The molecule has 0 saturated heterocycles. The molecule has 0 spiro atoms. The molecular weight excluding hydrogens is 253 g/mol. The Balaban J connectivity index is 2.42. The Labute approximate surface area is 119 Å². The molecular formula is C17H20FNO. The number of benzene rings is 2. The highest BCUT2D eigenvalue weighted by molar-refractivity contribution is 5.46. The van der Waals surface area contributed by atoms with Crippen molar-refractivity contribution >= 4 is 0 Å². The van der Waals surface area contributed by atoms with E-state index in [1.807, 2.05) is 26.8 Å². The fourth-order valence-corrected chi connectivity index (χ4v) is 2.25. The Kier molecular flexibility index (Phi) is 4.40. The minimum absolute atomic E-state index is 0.269. The van der Waals surface area contributed by atoms with E-state index < -0.39 is 0 Å². The van der Waals surface area contributed by atoms with Crippen LogP contribution in [0.15, 0.2) is 30.3 Å². The molecule has 0 aromatic heterocycles. The van der Waals surface area contributed by atoms with Crippen LogP contribution in [0.4, 0.5) is 4.39 Å². The van der Waals surface area contributed by atoms with Gasteiger partial charge >= 0.3 is 0 Å². The fraction of sp³-hybridized carbons (Fsp3) is 0.294. The van der Waals surface area contributed by atoms with Gasteiger partial charge in [-0.25, -0.2) is 4.39 Å². The van der Waals surface area contributed by atoms with Crippen molar-refractivity contribution in [2.75, 3.05) is 6.54 Å². The lowest BCUT2D eigenvalue weighted by Gasteiger charge is -2.15. The van der Waals surface area contributed by atoms with E-state index in [1.54, 1.807) is 12.1 Å². The van der Waals surface area contributed by atoms with Crippen LogP contribution in [0.5, 0.6) is 11.5 Å². The summed E-state index contributed by atoms with van der Waals surface area (Å²) in [5.41, 5.74) is 9.44. The van der Waals surface area contributed by atoms with Crippen molar-refractivity contribution in [1.82, 2.24) is 0 Å². The van der Waals surface area contributed by atoms with Gasteiger partial charge in [0.2, 0.25) is 0 Å². The summed E-state index contributed by atoms with van der Waals surface area (Å²) < 4.78 is 19.8. The summed E-state index contributed by atoms with van der Waals surface area (Å²) in [6, 6.07) is 8.95. The SMILES string of the molecule is Cc1cc(C)c(C)c(Oc2cccc(F)c2CCN)c1. The average molecular weight is 273 g/mol. The summed E-state index contributed by atoms with van der Waals surface area (Å²) in [6.45, 7) is 6.46. The van der Waals surface area contributed by atoms with Crippen molar-refractivity contribution < 1.29 is 9.13 Å². The second-order valence-electron chi connectivity index (χ2n) is 5.06. The van der Waals surface area contributed by atoms with Crippen molar-refractivity contribution in [1.29, 1.82) is 0 Å². The van der Waals surface area contributed by atoms with Gasteiger partial charge in [0.1, 0.15) is 17.3 Å². The molecule has 0 atom stereocenters. The van der Waals surface area contributed by atoms with Gasteiger partial charge in [-0.15, -0.1) is 0 Å². The van der Waals surface area contributed by atoms with E-state index >= 15 is 0 Å². The number of rotatable bonds is 4. The molecule has 0 fully saturated rings. The molecule has 3 heteroatoms. The molecule has 0 aliphatic rings. The number of aryl methyl sites for hydroxylation is 2. The van der Waals surface area contributed by atoms with E-state index in [0.29, 0.717) is 24.3 Å². The minimum atomic E-state index is -0.269. The maximum Gasteiger partial charge on any atom is 0.133 e. The van der Waals surface area contributed by atoms with Gasteiger partial charge in [-0.2, -0.15) is 0 Å². The predicted molar refractivity (Wildman–Crippen MR) is 79.9 cm³/mol. The molecule has 0 radical (unpaired) electrons. The third kappa shape index (κ3) is 2.99. The van der Waals surface area contributed by atoms with Crippen molar-refractivity contribution in [2.45, 2.75) is 27.2 Å². The molecule has 0 unspecified atom stereocenters. The first kappa shape index (κ1) is 14.5. The highest BCUT2D eigenvalue weighted by Gasteiger charge is 2.12. The number of ether oxygens (including phenoxy) is 1. The zero-order valence-corrected chi connectivity index (χ0v) is 12.2. The first-order valence-corrected chi connectivity index (χ1v) is 6.76. The predicted octanol–water partition coefficient (Wildman–Crippen LogP) is 4.04. The maximum atomic E-state index is 13.9. The Morgan fingerprint density at radius 2 is 1.85 bits per heavy atom. The van der Waals surface area contributed by atoms with Crippen LogP contribution in [0.1, 0.15) is 22.3 Å². The molecule has 2 rings (SSSR count). The van der Waals surface area contributed by atoms with E-state index in [0.717, 1.165) is 22.4 Å². The Hall–Kier alpha value is -1.87. The third-order valence-electron chi connectivity index (χ3n) is 3.45. The molecule has 106 valence electrons. The summed E-state index contributed by atoms with van der Waals surface area (Å²) in [6.07, 6.45) is 0.464. The van der Waals surface area contributed by atoms with Gasteiger partial charge in [0.15, 0.2) is 0 Å². The number of halogens is 1. The molecule has 0 aliphatic carbocycles. The molecule has 0 saturated carbocycles. The molecule has 2 N–H and O–H groups in total. The van der Waals surface area contributed by atoms with Crippen LogP contribution in [0.25, 0.3) is 0 Å². The van der Waals surface area contributed by atoms with Crippen LogP contribution < -0.4 is 10.5 Å². The summed E-state index contributed by atoms with van der Waals surface area (Å²) in [5.74, 6) is 1.05. The number of nitrogens with two attached hydrogens (primary N) is 1. The monoisotopic (exact) mass is 273 g/mol. The lowest BCUT2D eigenvalue weighted by molar-refractivity contribution is 0.463. The average Bonchev–Trinajstić information content (AvgIpc) is 2.39. The van der Waals surface area contributed by atoms with Gasteiger partial charge < -0.3 is 10.5 Å². The highest BCUT2D eigenvalue weighted by atomic mass is 19.1. The van der Waals surface area contributed by atoms with E-state index in [-0.39, 0.29) is 5.82 Å². The van der Waals surface area contributed by atoms with Crippen LogP contribution in [-0.4, -0.2) is 6.54 Å². The molecule has 0 bridgehead atoms. The van der Waals surface area contributed by atoms with Gasteiger partial charge in [-0.1, -0.05) is 12.1 Å². The van der Waals surface area contributed by atoms with E-state index in [2.05, 4.69) is 6.07 Å². The summed E-state index contributed by atoms with van der Waals surface area (Å²) in [4.78, 5) is 0. The largest absolute Gasteiger partial charge is 0.457 e. The van der Waals surface area contributed by atoms with E-state index in [1.165, 1.54) is 6.07 Å². The molecule has 2 nitrogen and oxygen atoms in total. The van der Waals surface area contributed by atoms with Crippen molar-refractivity contribution in [3.05, 3.63) is 58.4 Å². The lowest BCUT2D eigenvalue weighted by atomic mass is 10.1. The van der Waals surface area contributed by atoms with Crippen LogP contribution >= 0.6 is 0 Å². The van der Waals surface area contributed by atoms with Crippen LogP contribution in [0.2, 0.25) is 0 Å². The van der Waals surface area contributed by atoms with Gasteiger partial charge in [-0.3, -0.25) is 0 Å². The standard InChI is InChI=1S/C17H20FNO/c1-11-9-12(2)13(3)17(10-11)20-16-6-4-5-15(18)14(16)7-8-19/h4-6,9-10H,7-8,19H2,1-3H3. The number of hydrogen-bond donors (Lipinski definition) is 1.